The minimum atomic E-state index is -0.417. The second kappa shape index (κ2) is 16.3. The molecule has 8 nitrogen and oxygen atoms in total. The van der Waals surface area contributed by atoms with Crippen LogP contribution in [0.3, 0.4) is 0 Å². The SMILES string of the molecule is CC1(C)OCCCO1.CC1(C)OCCO1.CCOC(C)(C)OCC.COC(C)(C)OC. The fraction of sp³-hybridized carbons (Fsp3) is 1.00. The van der Waals surface area contributed by atoms with E-state index in [0.29, 0.717) is 13.2 Å². The molecule has 2 saturated heterocycles. The highest BCUT2D eigenvalue weighted by Crippen LogP contribution is 2.16. The van der Waals surface area contributed by atoms with E-state index in [1.54, 1.807) is 14.2 Å². The maximum atomic E-state index is 5.25. The molecule has 2 fully saturated rings. The molecule has 0 radical (unpaired) electrons. The smallest absolute Gasteiger partial charge is 0.162 e. The van der Waals surface area contributed by atoms with E-state index < -0.39 is 11.6 Å². The summed E-state index contributed by atoms with van der Waals surface area (Å²) in [4.78, 5) is 0. The first-order valence-corrected chi connectivity index (χ1v) is 11.1. The summed E-state index contributed by atoms with van der Waals surface area (Å²) in [5.74, 6) is -1.44. The van der Waals surface area contributed by atoms with Gasteiger partial charge in [-0.05, 0) is 75.7 Å². The third-order valence-corrected chi connectivity index (χ3v) is 4.14. The maximum absolute atomic E-state index is 5.25. The molecule has 2 aliphatic rings. The van der Waals surface area contributed by atoms with E-state index in [1.807, 2.05) is 69.2 Å². The average Bonchev–Trinajstić information content (AvgIpc) is 3.07. The average molecular weight is 455 g/mol. The first kappa shape index (κ1) is 32.9. The molecule has 0 aliphatic carbocycles. The van der Waals surface area contributed by atoms with Crippen molar-refractivity contribution in [1.29, 1.82) is 0 Å². The maximum Gasteiger partial charge on any atom is 0.162 e. The summed E-state index contributed by atoms with van der Waals surface area (Å²) < 4.78 is 40.9. The molecule has 0 aromatic heterocycles. The Balaban J connectivity index is 0. The standard InChI is InChI=1S/C7H16O2.C6H12O2.C5H10O2.C5H12O2/c1-5-8-7(3,4)9-6-2;1-6(2)7-4-3-5-8-6;1-5(2)6-3-4-7-5;1-5(2,6-3)7-4/h5-6H2,1-4H3;3-5H2,1-2H3;3-4H2,1-2H3;1-4H3. The zero-order chi connectivity index (χ0) is 24.6. The molecule has 0 bridgehead atoms. The molecule has 2 aliphatic heterocycles. The summed E-state index contributed by atoms with van der Waals surface area (Å²) in [5, 5.41) is 0. The minimum Gasteiger partial charge on any atom is -0.354 e. The highest BCUT2D eigenvalue weighted by molar-refractivity contribution is 4.58. The summed E-state index contributed by atoms with van der Waals surface area (Å²) >= 11 is 0. The second-order valence-corrected chi connectivity index (χ2v) is 8.62. The van der Waals surface area contributed by atoms with Crippen molar-refractivity contribution in [1.82, 2.24) is 0 Å². The molecular formula is C23H50O8. The summed E-state index contributed by atoms with van der Waals surface area (Å²) in [6.45, 7) is 23.7. The van der Waals surface area contributed by atoms with Crippen LogP contribution in [-0.4, -0.2) is 77.0 Å². The number of hydrogen-bond donors (Lipinski definition) is 0. The third kappa shape index (κ3) is 21.3. The topological polar surface area (TPSA) is 73.8 Å². The lowest BCUT2D eigenvalue weighted by molar-refractivity contribution is -0.244. The van der Waals surface area contributed by atoms with E-state index in [-0.39, 0.29) is 11.6 Å². The molecule has 8 heteroatoms. The van der Waals surface area contributed by atoms with Crippen molar-refractivity contribution in [3.05, 3.63) is 0 Å². The van der Waals surface area contributed by atoms with Crippen molar-refractivity contribution in [2.45, 2.75) is 98.8 Å². The molecule has 0 aromatic rings. The van der Waals surface area contributed by atoms with Crippen LogP contribution < -0.4 is 0 Å². The van der Waals surface area contributed by atoms with Crippen LogP contribution in [0.25, 0.3) is 0 Å². The molecule has 0 unspecified atom stereocenters. The monoisotopic (exact) mass is 454 g/mol. The molecule has 0 saturated carbocycles. The zero-order valence-corrected chi connectivity index (χ0v) is 22.2. The fourth-order valence-electron chi connectivity index (χ4n) is 2.17. The van der Waals surface area contributed by atoms with Gasteiger partial charge in [0.05, 0.1) is 26.4 Å². The van der Waals surface area contributed by atoms with Crippen LogP contribution in [0.1, 0.15) is 75.7 Å². The lowest BCUT2D eigenvalue weighted by Gasteiger charge is -2.29. The summed E-state index contributed by atoms with van der Waals surface area (Å²) in [6, 6.07) is 0. The van der Waals surface area contributed by atoms with Crippen molar-refractivity contribution in [3.63, 3.8) is 0 Å². The summed E-state index contributed by atoms with van der Waals surface area (Å²) in [5.41, 5.74) is 0. The molecular weight excluding hydrogens is 404 g/mol. The van der Waals surface area contributed by atoms with Crippen LogP contribution in [0.5, 0.6) is 0 Å². The van der Waals surface area contributed by atoms with Gasteiger partial charge in [-0.1, -0.05) is 0 Å². The van der Waals surface area contributed by atoms with E-state index in [0.717, 1.165) is 32.8 Å². The highest BCUT2D eigenvalue weighted by Gasteiger charge is 2.23. The summed E-state index contributed by atoms with van der Waals surface area (Å²) in [6.07, 6.45) is 1.03. The van der Waals surface area contributed by atoms with Gasteiger partial charge < -0.3 is 37.9 Å². The number of methoxy groups -OCH3 is 2. The number of ether oxygens (including phenoxy) is 8. The van der Waals surface area contributed by atoms with Gasteiger partial charge in [-0.15, -0.1) is 0 Å². The quantitative estimate of drug-likeness (QED) is 0.533. The van der Waals surface area contributed by atoms with Crippen LogP contribution in [-0.2, 0) is 37.9 Å². The van der Waals surface area contributed by atoms with Gasteiger partial charge in [0.25, 0.3) is 0 Å². The molecule has 2 rings (SSSR count). The van der Waals surface area contributed by atoms with Gasteiger partial charge in [-0.25, -0.2) is 0 Å². The van der Waals surface area contributed by atoms with E-state index in [9.17, 15) is 0 Å². The predicted octanol–water partition coefficient (Wildman–Crippen LogP) is 4.74. The van der Waals surface area contributed by atoms with Crippen LogP contribution in [0, 0.1) is 0 Å². The molecule has 0 N–H and O–H groups in total. The third-order valence-electron chi connectivity index (χ3n) is 4.14. The van der Waals surface area contributed by atoms with Gasteiger partial charge in [0.2, 0.25) is 0 Å². The van der Waals surface area contributed by atoms with E-state index in [1.165, 1.54) is 0 Å². The van der Waals surface area contributed by atoms with Crippen LogP contribution in [0.15, 0.2) is 0 Å². The van der Waals surface area contributed by atoms with Crippen LogP contribution in [0.4, 0.5) is 0 Å². The Morgan fingerprint density at radius 3 is 1.10 bits per heavy atom. The Hall–Kier alpha value is -0.320. The fourth-order valence-corrected chi connectivity index (χ4v) is 2.17. The Morgan fingerprint density at radius 2 is 0.935 bits per heavy atom. The Bertz CT molecular complexity index is 390. The molecule has 0 amide bonds. The van der Waals surface area contributed by atoms with Gasteiger partial charge in [0, 0.05) is 27.4 Å². The van der Waals surface area contributed by atoms with Crippen molar-refractivity contribution in [3.8, 4) is 0 Å². The molecule has 2 heterocycles. The predicted molar refractivity (Wildman–Crippen MR) is 122 cm³/mol. The molecule has 0 spiro atoms. The van der Waals surface area contributed by atoms with Crippen LogP contribution in [0.2, 0.25) is 0 Å². The normalized spacial score (nSPS) is 19.7. The Kier molecular flexibility index (Phi) is 17.3. The van der Waals surface area contributed by atoms with Gasteiger partial charge in [0.1, 0.15) is 0 Å². The van der Waals surface area contributed by atoms with Gasteiger partial charge >= 0.3 is 0 Å². The van der Waals surface area contributed by atoms with Crippen molar-refractivity contribution < 1.29 is 37.9 Å². The first-order chi connectivity index (χ1) is 14.2. The summed E-state index contributed by atoms with van der Waals surface area (Å²) in [7, 11) is 3.23. The lowest BCUT2D eigenvalue weighted by atomic mass is 10.3. The highest BCUT2D eigenvalue weighted by atomic mass is 16.7. The second-order valence-electron chi connectivity index (χ2n) is 8.62. The van der Waals surface area contributed by atoms with Gasteiger partial charge in [-0.2, -0.15) is 0 Å². The Morgan fingerprint density at radius 1 is 0.613 bits per heavy atom. The molecule has 0 atom stereocenters. The minimum absolute atomic E-state index is 0.306. The van der Waals surface area contributed by atoms with E-state index in [2.05, 4.69) is 0 Å². The van der Waals surface area contributed by atoms with E-state index >= 15 is 0 Å². The zero-order valence-electron chi connectivity index (χ0n) is 22.2. The largest absolute Gasteiger partial charge is 0.354 e. The lowest BCUT2D eigenvalue weighted by Crippen LogP contribution is -2.33. The van der Waals surface area contributed by atoms with Crippen LogP contribution >= 0.6 is 0 Å². The molecule has 0 aromatic carbocycles. The number of hydrogen-bond acceptors (Lipinski definition) is 8. The van der Waals surface area contributed by atoms with Crippen molar-refractivity contribution >= 4 is 0 Å². The van der Waals surface area contributed by atoms with Crippen molar-refractivity contribution in [2.24, 2.45) is 0 Å². The number of rotatable bonds is 6. The van der Waals surface area contributed by atoms with Gasteiger partial charge in [0.15, 0.2) is 23.1 Å². The van der Waals surface area contributed by atoms with Crippen molar-refractivity contribution in [2.75, 3.05) is 53.9 Å². The Labute approximate surface area is 191 Å². The molecule has 31 heavy (non-hydrogen) atoms. The van der Waals surface area contributed by atoms with Gasteiger partial charge in [-0.3, -0.25) is 0 Å². The molecule has 190 valence electrons. The van der Waals surface area contributed by atoms with E-state index in [4.69, 9.17) is 37.9 Å². The first-order valence-electron chi connectivity index (χ1n) is 11.1.